The van der Waals surface area contributed by atoms with Gasteiger partial charge in [-0.05, 0) is 29.7 Å². The van der Waals surface area contributed by atoms with Crippen molar-refractivity contribution in [1.82, 2.24) is 4.98 Å². The fourth-order valence-corrected chi connectivity index (χ4v) is 1.78. The van der Waals surface area contributed by atoms with E-state index in [1.807, 2.05) is 12.1 Å². The van der Waals surface area contributed by atoms with Crippen molar-refractivity contribution < 1.29 is 0 Å². The van der Waals surface area contributed by atoms with E-state index in [0.717, 1.165) is 22.2 Å². The first-order chi connectivity index (χ1) is 7.08. The maximum absolute atomic E-state index is 11.4. The summed E-state index contributed by atoms with van der Waals surface area (Å²) >= 11 is 0. The van der Waals surface area contributed by atoms with Gasteiger partial charge in [0.05, 0.1) is 0 Å². The average Bonchev–Trinajstić information content (AvgIpc) is 2.17. The van der Waals surface area contributed by atoms with E-state index >= 15 is 0 Å². The molecule has 0 unspecified atom stereocenters. The number of nitrogens with two attached hydrogens (primary N) is 1. The van der Waals surface area contributed by atoms with Crippen molar-refractivity contribution in [2.45, 2.75) is 19.8 Å². The molecular weight excluding hydrogens is 188 g/mol. The van der Waals surface area contributed by atoms with Gasteiger partial charge in [-0.15, -0.1) is 0 Å². The second kappa shape index (κ2) is 3.42. The van der Waals surface area contributed by atoms with E-state index in [4.69, 9.17) is 5.73 Å². The summed E-state index contributed by atoms with van der Waals surface area (Å²) in [6.45, 7) is 4.13. The number of benzene rings is 1. The van der Waals surface area contributed by atoms with E-state index in [-0.39, 0.29) is 5.56 Å². The van der Waals surface area contributed by atoms with Gasteiger partial charge in [0.25, 0.3) is 0 Å². The first-order valence-corrected chi connectivity index (χ1v) is 5.00. The smallest absolute Gasteiger partial charge is 0.248 e. The topological polar surface area (TPSA) is 58.9 Å². The van der Waals surface area contributed by atoms with E-state index < -0.39 is 0 Å². The van der Waals surface area contributed by atoms with E-state index in [1.54, 1.807) is 12.1 Å². The number of anilines is 1. The van der Waals surface area contributed by atoms with Gasteiger partial charge in [0.2, 0.25) is 5.56 Å². The van der Waals surface area contributed by atoms with Crippen LogP contribution in [0.4, 0.5) is 5.69 Å². The molecule has 0 saturated carbocycles. The molecule has 2 rings (SSSR count). The van der Waals surface area contributed by atoms with Gasteiger partial charge < -0.3 is 10.7 Å². The molecule has 0 radical (unpaired) electrons. The van der Waals surface area contributed by atoms with E-state index in [9.17, 15) is 4.79 Å². The van der Waals surface area contributed by atoms with Gasteiger partial charge in [0.15, 0.2) is 0 Å². The second-order valence-corrected chi connectivity index (χ2v) is 4.05. The monoisotopic (exact) mass is 202 g/mol. The molecule has 0 amide bonds. The van der Waals surface area contributed by atoms with Crippen molar-refractivity contribution >= 4 is 16.6 Å². The number of aromatic amines is 1. The molecule has 2 aromatic rings. The van der Waals surface area contributed by atoms with Crippen LogP contribution in [0.15, 0.2) is 29.1 Å². The molecule has 1 aromatic heterocycles. The Bertz CT molecular complexity index is 555. The lowest BCUT2D eigenvalue weighted by Gasteiger charge is -2.09. The first kappa shape index (κ1) is 9.77. The standard InChI is InChI=1S/C12H14N2O/c1-7(2)9-6-12(15)14-11-4-3-8(13)5-10(9)11/h3-7H,13H2,1-2H3,(H,14,15). The molecule has 0 aliphatic heterocycles. The largest absolute Gasteiger partial charge is 0.399 e. The van der Waals surface area contributed by atoms with E-state index in [2.05, 4.69) is 18.8 Å². The lowest BCUT2D eigenvalue weighted by molar-refractivity contribution is 0.872. The minimum atomic E-state index is -0.0593. The van der Waals surface area contributed by atoms with Crippen LogP contribution in [0.25, 0.3) is 10.9 Å². The Balaban J connectivity index is 2.88. The van der Waals surface area contributed by atoms with Gasteiger partial charge in [-0.1, -0.05) is 13.8 Å². The number of hydrogen-bond donors (Lipinski definition) is 2. The fraction of sp³-hybridized carbons (Fsp3) is 0.250. The summed E-state index contributed by atoms with van der Waals surface area (Å²) in [6.07, 6.45) is 0. The molecule has 3 heteroatoms. The van der Waals surface area contributed by atoms with Crippen LogP contribution in [0.2, 0.25) is 0 Å². The second-order valence-electron chi connectivity index (χ2n) is 4.05. The Morgan fingerprint density at radius 2 is 2.00 bits per heavy atom. The van der Waals surface area contributed by atoms with E-state index in [0.29, 0.717) is 5.92 Å². The number of nitrogen functional groups attached to an aromatic ring is 1. The molecule has 1 aromatic carbocycles. The molecule has 78 valence electrons. The molecule has 15 heavy (non-hydrogen) atoms. The zero-order chi connectivity index (χ0) is 11.0. The summed E-state index contributed by atoms with van der Waals surface area (Å²) in [5.41, 5.74) is 8.29. The predicted octanol–water partition coefficient (Wildman–Crippen LogP) is 2.23. The number of H-pyrrole nitrogens is 1. The Labute approximate surface area is 87.9 Å². The third kappa shape index (κ3) is 1.73. The average molecular weight is 202 g/mol. The van der Waals surface area contributed by atoms with Crippen LogP contribution < -0.4 is 11.3 Å². The number of rotatable bonds is 1. The minimum absolute atomic E-state index is 0.0593. The highest BCUT2D eigenvalue weighted by atomic mass is 16.1. The Hall–Kier alpha value is -1.77. The highest BCUT2D eigenvalue weighted by molar-refractivity contribution is 5.85. The molecule has 3 N–H and O–H groups in total. The van der Waals surface area contributed by atoms with Crippen LogP contribution in [-0.2, 0) is 0 Å². The van der Waals surface area contributed by atoms with Crippen molar-refractivity contribution in [2.24, 2.45) is 0 Å². The quantitative estimate of drug-likeness (QED) is 0.697. The lowest BCUT2D eigenvalue weighted by atomic mass is 9.99. The number of nitrogens with one attached hydrogen (secondary N) is 1. The van der Waals surface area contributed by atoms with Crippen LogP contribution in [0, 0.1) is 0 Å². The normalized spacial score (nSPS) is 11.1. The minimum Gasteiger partial charge on any atom is -0.399 e. The fourth-order valence-electron chi connectivity index (χ4n) is 1.78. The van der Waals surface area contributed by atoms with Crippen molar-refractivity contribution in [1.29, 1.82) is 0 Å². The van der Waals surface area contributed by atoms with Crippen molar-refractivity contribution in [3.8, 4) is 0 Å². The maximum atomic E-state index is 11.4. The van der Waals surface area contributed by atoms with Crippen molar-refractivity contribution in [2.75, 3.05) is 5.73 Å². The Kier molecular flexibility index (Phi) is 2.23. The zero-order valence-corrected chi connectivity index (χ0v) is 8.87. The summed E-state index contributed by atoms with van der Waals surface area (Å²) in [7, 11) is 0. The highest BCUT2D eigenvalue weighted by Gasteiger charge is 2.06. The van der Waals surface area contributed by atoms with Crippen LogP contribution in [0.1, 0.15) is 25.3 Å². The summed E-state index contributed by atoms with van der Waals surface area (Å²) < 4.78 is 0. The SMILES string of the molecule is CC(C)c1cc(=O)[nH]c2ccc(N)cc12. The molecule has 0 fully saturated rings. The van der Waals surface area contributed by atoms with Crippen LogP contribution in [0.3, 0.4) is 0 Å². The molecule has 0 bridgehead atoms. The molecule has 0 atom stereocenters. The van der Waals surface area contributed by atoms with Crippen LogP contribution in [-0.4, -0.2) is 4.98 Å². The van der Waals surface area contributed by atoms with Crippen molar-refractivity contribution in [3.05, 3.63) is 40.2 Å². The van der Waals surface area contributed by atoms with Gasteiger partial charge in [-0.25, -0.2) is 0 Å². The first-order valence-electron chi connectivity index (χ1n) is 5.00. The van der Waals surface area contributed by atoms with Gasteiger partial charge in [0, 0.05) is 22.7 Å². The van der Waals surface area contributed by atoms with Gasteiger partial charge >= 0.3 is 0 Å². The van der Waals surface area contributed by atoms with Gasteiger partial charge in [-0.3, -0.25) is 4.79 Å². The molecule has 0 saturated heterocycles. The summed E-state index contributed by atoms with van der Waals surface area (Å²) in [5.74, 6) is 0.316. The summed E-state index contributed by atoms with van der Waals surface area (Å²) in [5, 5.41) is 1.03. The number of hydrogen-bond acceptors (Lipinski definition) is 2. The molecule has 1 heterocycles. The Morgan fingerprint density at radius 3 is 2.67 bits per heavy atom. The summed E-state index contributed by atoms with van der Waals surface area (Å²) in [6, 6.07) is 7.19. The van der Waals surface area contributed by atoms with Gasteiger partial charge in [-0.2, -0.15) is 0 Å². The molecule has 0 aliphatic carbocycles. The molecule has 3 nitrogen and oxygen atoms in total. The molecule has 0 spiro atoms. The van der Waals surface area contributed by atoms with Crippen LogP contribution >= 0.6 is 0 Å². The maximum Gasteiger partial charge on any atom is 0.248 e. The zero-order valence-electron chi connectivity index (χ0n) is 8.87. The number of aromatic nitrogens is 1. The third-order valence-electron chi connectivity index (χ3n) is 2.52. The number of pyridine rings is 1. The highest BCUT2D eigenvalue weighted by Crippen LogP contribution is 2.24. The molecule has 0 aliphatic rings. The molecular formula is C12H14N2O. The summed E-state index contributed by atoms with van der Waals surface area (Å²) in [4.78, 5) is 14.2. The van der Waals surface area contributed by atoms with Crippen LogP contribution in [0.5, 0.6) is 0 Å². The lowest BCUT2D eigenvalue weighted by Crippen LogP contribution is -2.07. The van der Waals surface area contributed by atoms with E-state index in [1.165, 1.54) is 0 Å². The predicted molar refractivity (Wildman–Crippen MR) is 63.1 cm³/mol. The van der Waals surface area contributed by atoms with Crippen molar-refractivity contribution in [3.63, 3.8) is 0 Å². The van der Waals surface area contributed by atoms with Gasteiger partial charge in [0.1, 0.15) is 0 Å². The number of fused-ring (bicyclic) bond motifs is 1. The Morgan fingerprint density at radius 1 is 1.27 bits per heavy atom. The third-order valence-corrected chi connectivity index (χ3v) is 2.52.